The average Bonchev–Trinajstić information content (AvgIpc) is 3.21. The molecule has 0 saturated heterocycles. The first-order valence-corrected chi connectivity index (χ1v) is 10.8. The Morgan fingerprint density at radius 3 is 3.07 bits per heavy atom. The van der Waals surface area contributed by atoms with Crippen LogP contribution in [0.1, 0.15) is 26.5 Å². The molecule has 0 fully saturated rings. The number of hydrogen-bond donors (Lipinski definition) is 2. The Kier molecular flexibility index (Phi) is 5.99. The SMILES string of the molecule is CNC[C@H](Cc1cccc(F)c1)NC(=O)c1cc2c(s1)CCCn1ncc(Cl)c1-2. The predicted molar refractivity (Wildman–Crippen MR) is 114 cm³/mol. The summed E-state index contributed by atoms with van der Waals surface area (Å²) in [6.07, 6.45) is 4.07. The Labute approximate surface area is 177 Å². The van der Waals surface area contributed by atoms with Gasteiger partial charge < -0.3 is 10.6 Å². The minimum atomic E-state index is -0.271. The van der Waals surface area contributed by atoms with Gasteiger partial charge in [-0.15, -0.1) is 11.3 Å². The molecule has 8 heteroatoms. The maximum absolute atomic E-state index is 13.5. The van der Waals surface area contributed by atoms with Crippen LogP contribution in [0.25, 0.3) is 11.3 Å². The largest absolute Gasteiger partial charge is 0.347 e. The monoisotopic (exact) mass is 432 g/mol. The lowest BCUT2D eigenvalue weighted by molar-refractivity contribution is 0.0941. The molecule has 152 valence electrons. The van der Waals surface area contributed by atoms with Gasteiger partial charge in [-0.25, -0.2) is 4.39 Å². The number of aryl methyl sites for hydroxylation is 2. The third-order valence-corrected chi connectivity index (χ3v) is 6.48. The molecule has 2 aromatic heterocycles. The van der Waals surface area contributed by atoms with Gasteiger partial charge in [-0.05, 0) is 50.1 Å². The molecule has 0 bridgehead atoms. The molecule has 3 aromatic rings. The van der Waals surface area contributed by atoms with E-state index in [0.717, 1.165) is 41.1 Å². The van der Waals surface area contributed by atoms with Gasteiger partial charge in [0.25, 0.3) is 5.91 Å². The molecular formula is C21H22ClFN4OS. The number of likely N-dealkylation sites (N-methyl/N-ethyl adjacent to an activating group) is 1. The van der Waals surface area contributed by atoms with Crippen LogP contribution < -0.4 is 10.6 Å². The Bertz CT molecular complexity index is 1030. The molecule has 1 atom stereocenters. The number of aromatic nitrogens is 2. The van der Waals surface area contributed by atoms with E-state index in [1.165, 1.54) is 23.5 Å². The van der Waals surface area contributed by atoms with Gasteiger partial charge >= 0.3 is 0 Å². The molecule has 29 heavy (non-hydrogen) atoms. The van der Waals surface area contributed by atoms with Crippen molar-refractivity contribution in [1.82, 2.24) is 20.4 Å². The Morgan fingerprint density at radius 1 is 1.41 bits per heavy atom. The summed E-state index contributed by atoms with van der Waals surface area (Å²) < 4.78 is 15.4. The van der Waals surface area contributed by atoms with Crippen LogP contribution in [0.2, 0.25) is 5.02 Å². The van der Waals surface area contributed by atoms with Crippen LogP contribution in [0.5, 0.6) is 0 Å². The first-order chi connectivity index (χ1) is 14.0. The van der Waals surface area contributed by atoms with Gasteiger partial charge in [-0.3, -0.25) is 9.48 Å². The zero-order valence-corrected chi connectivity index (χ0v) is 17.6. The van der Waals surface area contributed by atoms with E-state index in [9.17, 15) is 9.18 Å². The maximum Gasteiger partial charge on any atom is 0.261 e. The minimum Gasteiger partial charge on any atom is -0.347 e. The van der Waals surface area contributed by atoms with Crippen LogP contribution in [-0.4, -0.2) is 35.3 Å². The molecule has 5 nitrogen and oxygen atoms in total. The van der Waals surface area contributed by atoms with Crippen LogP contribution in [0.15, 0.2) is 36.5 Å². The number of amides is 1. The third-order valence-electron chi connectivity index (χ3n) is 5.01. The summed E-state index contributed by atoms with van der Waals surface area (Å²) in [5.41, 5.74) is 2.74. The van der Waals surface area contributed by atoms with Crippen molar-refractivity contribution in [3.8, 4) is 11.3 Å². The van der Waals surface area contributed by atoms with Crippen molar-refractivity contribution in [2.45, 2.75) is 31.8 Å². The number of halogens is 2. The van der Waals surface area contributed by atoms with E-state index in [4.69, 9.17) is 11.6 Å². The summed E-state index contributed by atoms with van der Waals surface area (Å²) in [5, 5.41) is 11.1. The zero-order valence-electron chi connectivity index (χ0n) is 16.0. The quantitative estimate of drug-likeness (QED) is 0.620. The van der Waals surface area contributed by atoms with Crippen LogP contribution in [0.3, 0.4) is 0 Å². The number of thiophene rings is 1. The van der Waals surface area contributed by atoms with Crippen LogP contribution >= 0.6 is 22.9 Å². The number of fused-ring (bicyclic) bond motifs is 3. The molecule has 2 N–H and O–H groups in total. The summed E-state index contributed by atoms with van der Waals surface area (Å²) in [6.45, 7) is 1.41. The number of nitrogens with zero attached hydrogens (tertiary/aromatic N) is 2. The van der Waals surface area contributed by atoms with Crippen molar-refractivity contribution < 1.29 is 9.18 Å². The smallest absolute Gasteiger partial charge is 0.261 e. The normalized spacial score (nSPS) is 14.0. The molecule has 0 saturated carbocycles. The minimum absolute atomic E-state index is 0.123. The van der Waals surface area contributed by atoms with E-state index in [1.807, 2.05) is 23.9 Å². The highest BCUT2D eigenvalue weighted by atomic mass is 35.5. The molecule has 1 aromatic carbocycles. The predicted octanol–water partition coefficient (Wildman–Crippen LogP) is 3.91. The fourth-order valence-corrected chi connectivity index (χ4v) is 5.09. The number of carbonyl (C=O) groups excluding carboxylic acids is 1. The number of nitrogens with one attached hydrogen (secondary N) is 2. The lowest BCUT2D eigenvalue weighted by Gasteiger charge is -2.18. The molecule has 1 aliphatic rings. The van der Waals surface area contributed by atoms with Gasteiger partial charge in [0.15, 0.2) is 0 Å². The topological polar surface area (TPSA) is 58.9 Å². The first-order valence-electron chi connectivity index (χ1n) is 9.59. The lowest BCUT2D eigenvalue weighted by Crippen LogP contribution is -2.42. The Morgan fingerprint density at radius 2 is 2.28 bits per heavy atom. The summed E-state index contributed by atoms with van der Waals surface area (Å²) in [7, 11) is 1.83. The number of carbonyl (C=O) groups is 1. The summed E-state index contributed by atoms with van der Waals surface area (Å²) in [6, 6.07) is 8.25. The van der Waals surface area contributed by atoms with E-state index in [2.05, 4.69) is 15.7 Å². The molecule has 0 unspecified atom stereocenters. The third kappa shape index (κ3) is 4.37. The van der Waals surface area contributed by atoms with Crippen molar-refractivity contribution in [3.05, 3.63) is 62.7 Å². The Balaban J connectivity index is 1.55. The molecule has 4 rings (SSSR count). The zero-order chi connectivity index (χ0) is 20.4. The molecule has 0 radical (unpaired) electrons. The highest BCUT2D eigenvalue weighted by Crippen LogP contribution is 2.38. The van der Waals surface area contributed by atoms with E-state index in [1.54, 1.807) is 12.3 Å². The molecule has 1 aliphatic heterocycles. The lowest BCUT2D eigenvalue weighted by atomic mass is 10.1. The standard InChI is InChI=1S/C21H22ClFN4OS/c1-24-11-15(9-13-4-2-5-14(23)8-13)26-21(28)19-10-16-18(29-19)6-3-7-27-20(16)17(22)12-25-27/h2,4-5,8,10,12,15,24H,3,6-7,9,11H2,1H3,(H,26,28)/t15-/m0/s1. The van der Waals surface area contributed by atoms with Crippen LogP contribution in [0, 0.1) is 5.82 Å². The molecule has 1 amide bonds. The van der Waals surface area contributed by atoms with Crippen LogP contribution in [-0.2, 0) is 19.4 Å². The highest BCUT2D eigenvalue weighted by molar-refractivity contribution is 7.14. The van der Waals surface area contributed by atoms with Crippen molar-refractivity contribution in [2.75, 3.05) is 13.6 Å². The fraction of sp³-hybridized carbons (Fsp3) is 0.333. The van der Waals surface area contributed by atoms with Crippen LogP contribution in [0.4, 0.5) is 4.39 Å². The molecular weight excluding hydrogens is 411 g/mol. The molecule has 0 spiro atoms. The maximum atomic E-state index is 13.5. The number of hydrogen-bond acceptors (Lipinski definition) is 4. The van der Waals surface area contributed by atoms with E-state index < -0.39 is 0 Å². The van der Waals surface area contributed by atoms with Gasteiger partial charge in [-0.2, -0.15) is 5.10 Å². The molecule has 3 heterocycles. The average molecular weight is 433 g/mol. The van der Waals surface area contributed by atoms with Crippen molar-refractivity contribution in [3.63, 3.8) is 0 Å². The summed E-state index contributed by atoms with van der Waals surface area (Å²) in [4.78, 5) is 14.8. The second-order valence-electron chi connectivity index (χ2n) is 7.18. The number of rotatable bonds is 6. The molecule has 0 aliphatic carbocycles. The second kappa shape index (κ2) is 8.65. The highest BCUT2D eigenvalue weighted by Gasteiger charge is 2.24. The van der Waals surface area contributed by atoms with Gasteiger partial charge in [0, 0.05) is 29.6 Å². The van der Waals surface area contributed by atoms with Crippen molar-refractivity contribution >= 4 is 28.8 Å². The fourth-order valence-electron chi connectivity index (χ4n) is 3.74. The Hall–Kier alpha value is -2.22. The second-order valence-corrected chi connectivity index (χ2v) is 8.72. The summed E-state index contributed by atoms with van der Waals surface area (Å²) >= 11 is 7.87. The van der Waals surface area contributed by atoms with Gasteiger partial charge in [0.2, 0.25) is 0 Å². The van der Waals surface area contributed by atoms with Gasteiger partial charge in [-0.1, -0.05) is 23.7 Å². The van der Waals surface area contributed by atoms with Gasteiger partial charge in [0.05, 0.1) is 21.8 Å². The van der Waals surface area contributed by atoms with Crippen molar-refractivity contribution in [2.24, 2.45) is 0 Å². The van der Waals surface area contributed by atoms with E-state index in [0.29, 0.717) is 22.9 Å². The first kappa shape index (κ1) is 20.1. The van der Waals surface area contributed by atoms with Gasteiger partial charge in [0.1, 0.15) is 5.82 Å². The summed E-state index contributed by atoms with van der Waals surface area (Å²) in [5.74, 6) is -0.394. The van der Waals surface area contributed by atoms with E-state index >= 15 is 0 Å². The van der Waals surface area contributed by atoms with Crippen molar-refractivity contribution in [1.29, 1.82) is 0 Å². The van der Waals surface area contributed by atoms with E-state index in [-0.39, 0.29) is 17.8 Å². The number of benzene rings is 1.